The molecule has 6 heteroatoms. The number of aliphatic carboxylic acids is 1. The first-order valence-corrected chi connectivity index (χ1v) is 6.84. The lowest BCUT2D eigenvalue weighted by atomic mass is 9.90. The van der Waals surface area contributed by atoms with Crippen LogP contribution in [0.5, 0.6) is 0 Å². The summed E-state index contributed by atoms with van der Waals surface area (Å²) in [5.41, 5.74) is -0.386. The van der Waals surface area contributed by atoms with Crippen LogP contribution in [-0.2, 0) is 16.6 Å². The first-order valence-electron chi connectivity index (χ1n) is 5.96. The van der Waals surface area contributed by atoms with Crippen LogP contribution in [0.4, 0.5) is 5.13 Å². The van der Waals surface area contributed by atoms with Crippen molar-refractivity contribution in [1.29, 1.82) is 0 Å². The SMILES string of the molecule is CC(C)(C(=O)O)c1csc(NCCc2ccco2)n1. The molecule has 5 nitrogen and oxygen atoms in total. The maximum absolute atomic E-state index is 11.1. The molecule has 2 rings (SSSR count). The van der Waals surface area contributed by atoms with E-state index in [9.17, 15) is 4.79 Å². The number of aromatic nitrogens is 1. The second-order valence-corrected chi connectivity index (χ2v) is 5.58. The molecule has 2 aromatic heterocycles. The average molecular weight is 280 g/mol. The summed E-state index contributed by atoms with van der Waals surface area (Å²) in [5.74, 6) is 0.0371. The van der Waals surface area contributed by atoms with Gasteiger partial charge in [0.15, 0.2) is 5.13 Å². The third-order valence-corrected chi connectivity index (χ3v) is 3.71. The molecule has 19 heavy (non-hydrogen) atoms. The lowest BCUT2D eigenvalue weighted by molar-refractivity contribution is -0.142. The smallest absolute Gasteiger partial charge is 0.315 e. The first-order chi connectivity index (χ1) is 9.00. The number of carbonyl (C=O) groups is 1. The Hall–Kier alpha value is -1.82. The van der Waals surface area contributed by atoms with Crippen molar-refractivity contribution in [2.75, 3.05) is 11.9 Å². The Balaban J connectivity index is 1.92. The number of carboxylic acid groups (broad SMARTS) is 1. The molecule has 0 amide bonds. The molecule has 0 aliphatic rings. The Morgan fingerprint density at radius 1 is 1.58 bits per heavy atom. The van der Waals surface area contributed by atoms with Crippen LogP contribution in [0.2, 0.25) is 0 Å². The van der Waals surface area contributed by atoms with Crippen LogP contribution in [0.1, 0.15) is 25.3 Å². The maximum Gasteiger partial charge on any atom is 0.315 e. The minimum absolute atomic E-state index is 0.575. The molecule has 0 aliphatic carbocycles. The normalized spacial score (nSPS) is 11.5. The number of carboxylic acids is 1. The number of nitrogens with zero attached hydrogens (tertiary/aromatic N) is 1. The van der Waals surface area contributed by atoms with Crippen LogP contribution in [0.3, 0.4) is 0 Å². The lowest BCUT2D eigenvalue weighted by Gasteiger charge is -2.15. The second-order valence-electron chi connectivity index (χ2n) is 4.72. The number of thiazole rings is 1. The predicted molar refractivity (Wildman–Crippen MR) is 73.7 cm³/mol. The molecule has 102 valence electrons. The van der Waals surface area contributed by atoms with Crippen molar-refractivity contribution < 1.29 is 14.3 Å². The second kappa shape index (κ2) is 5.44. The summed E-state index contributed by atoms with van der Waals surface area (Å²) in [6.45, 7) is 4.00. The highest BCUT2D eigenvalue weighted by atomic mass is 32.1. The van der Waals surface area contributed by atoms with Gasteiger partial charge in [-0.05, 0) is 26.0 Å². The first kappa shape index (κ1) is 13.6. The van der Waals surface area contributed by atoms with E-state index in [1.165, 1.54) is 11.3 Å². The molecule has 0 bridgehead atoms. The maximum atomic E-state index is 11.1. The monoisotopic (exact) mass is 280 g/mol. The summed E-state index contributed by atoms with van der Waals surface area (Å²) in [7, 11) is 0. The zero-order valence-electron chi connectivity index (χ0n) is 10.8. The molecular weight excluding hydrogens is 264 g/mol. The van der Waals surface area contributed by atoms with Gasteiger partial charge in [0.2, 0.25) is 0 Å². The highest BCUT2D eigenvalue weighted by Gasteiger charge is 2.32. The van der Waals surface area contributed by atoms with Crippen LogP contribution >= 0.6 is 11.3 Å². The summed E-state index contributed by atoms with van der Waals surface area (Å²) in [4.78, 5) is 15.5. The number of hydrogen-bond donors (Lipinski definition) is 2. The number of anilines is 1. The van der Waals surface area contributed by atoms with Gasteiger partial charge < -0.3 is 14.8 Å². The standard InChI is InChI=1S/C13H16N2O3S/c1-13(2,11(16)17)10-8-19-12(15-10)14-6-5-9-4-3-7-18-9/h3-4,7-8H,5-6H2,1-2H3,(H,14,15)(H,16,17). The molecule has 0 spiro atoms. The van der Waals surface area contributed by atoms with Crippen LogP contribution in [0, 0.1) is 0 Å². The molecule has 0 fully saturated rings. The summed E-state index contributed by atoms with van der Waals surface area (Å²) >= 11 is 1.41. The average Bonchev–Trinajstić information content (AvgIpc) is 2.99. The molecule has 2 N–H and O–H groups in total. The minimum atomic E-state index is -0.961. The van der Waals surface area contributed by atoms with E-state index in [4.69, 9.17) is 9.52 Å². The van der Waals surface area contributed by atoms with E-state index in [0.717, 1.165) is 17.3 Å². The quantitative estimate of drug-likeness (QED) is 0.851. The molecule has 0 atom stereocenters. The summed E-state index contributed by atoms with van der Waals surface area (Å²) in [5, 5.41) is 14.8. The summed E-state index contributed by atoms with van der Waals surface area (Å²) in [6, 6.07) is 3.77. The van der Waals surface area contributed by atoms with E-state index >= 15 is 0 Å². The Labute approximate surface area is 115 Å². The molecule has 2 heterocycles. The molecule has 0 saturated carbocycles. The molecule has 2 aromatic rings. The van der Waals surface area contributed by atoms with Crippen molar-refractivity contribution in [3.05, 3.63) is 35.2 Å². The fourth-order valence-corrected chi connectivity index (χ4v) is 2.41. The lowest BCUT2D eigenvalue weighted by Crippen LogP contribution is -2.28. The number of nitrogens with one attached hydrogen (secondary N) is 1. The zero-order valence-corrected chi connectivity index (χ0v) is 11.7. The molecular formula is C13H16N2O3S. The van der Waals surface area contributed by atoms with Crippen LogP contribution in [0.15, 0.2) is 28.2 Å². The van der Waals surface area contributed by atoms with Crippen molar-refractivity contribution >= 4 is 22.4 Å². The number of rotatable bonds is 6. The minimum Gasteiger partial charge on any atom is -0.481 e. The third-order valence-electron chi connectivity index (χ3n) is 2.91. The fraction of sp³-hybridized carbons (Fsp3) is 0.385. The van der Waals surface area contributed by atoms with Crippen LogP contribution in [0.25, 0.3) is 0 Å². The van der Waals surface area contributed by atoms with E-state index in [1.807, 2.05) is 12.1 Å². The summed E-state index contributed by atoms with van der Waals surface area (Å²) < 4.78 is 5.23. The highest BCUT2D eigenvalue weighted by Crippen LogP contribution is 2.27. The van der Waals surface area contributed by atoms with Crippen molar-refractivity contribution in [2.45, 2.75) is 25.7 Å². The molecule has 0 radical (unpaired) electrons. The topological polar surface area (TPSA) is 75.4 Å². The van der Waals surface area contributed by atoms with Crippen molar-refractivity contribution in [2.24, 2.45) is 0 Å². The largest absolute Gasteiger partial charge is 0.481 e. The Kier molecular flexibility index (Phi) is 3.90. The molecule has 0 saturated heterocycles. The van der Waals surface area contributed by atoms with Crippen molar-refractivity contribution in [1.82, 2.24) is 4.98 Å². The van der Waals surface area contributed by atoms with Crippen molar-refractivity contribution in [3.8, 4) is 0 Å². The number of hydrogen-bond acceptors (Lipinski definition) is 5. The van der Waals surface area contributed by atoms with Crippen LogP contribution in [-0.4, -0.2) is 22.6 Å². The van der Waals surface area contributed by atoms with E-state index in [1.54, 1.807) is 25.5 Å². The Bertz CT molecular complexity index is 546. The van der Waals surface area contributed by atoms with Crippen molar-refractivity contribution in [3.63, 3.8) is 0 Å². The predicted octanol–water partition coefficient (Wildman–Crippen LogP) is 2.75. The van der Waals surface area contributed by atoms with Gasteiger partial charge in [0.05, 0.1) is 12.0 Å². The van der Waals surface area contributed by atoms with E-state index < -0.39 is 11.4 Å². The fourth-order valence-electron chi connectivity index (χ4n) is 1.50. The van der Waals surface area contributed by atoms with Gasteiger partial charge >= 0.3 is 5.97 Å². The highest BCUT2D eigenvalue weighted by molar-refractivity contribution is 7.13. The molecule has 0 unspecified atom stereocenters. The van der Waals surface area contributed by atoms with Crippen LogP contribution < -0.4 is 5.32 Å². The van der Waals surface area contributed by atoms with Gasteiger partial charge in [-0.15, -0.1) is 11.3 Å². The van der Waals surface area contributed by atoms with Gasteiger partial charge in [0.1, 0.15) is 11.2 Å². The van der Waals surface area contributed by atoms with Gasteiger partial charge in [-0.2, -0.15) is 0 Å². The van der Waals surface area contributed by atoms with Gasteiger partial charge in [0.25, 0.3) is 0 Å². The van der Waals surface area contributed by atoms with E-state index in [2.05, 4.69) is 10.3 Å². The molecule has 0 aromatic carbocycles. The van der Waals surface area contributed by atoms with E-state index in [0.29, 0.717) is 12.2 Å². The Morgan fingerprint density at radius 2 is 2.37 bits per heavy atom. The summed E-state index contributed by atoms with van der Waals surface area (Å²) in [6.07, 6.45) is 2.41. The Morgan fingerprint density at radius 3 is 3.00 bits per heavy atom. The zero-order chi connectivity index (χ0) is 13.9. The number of furan rings is 1. The third kappa shape index (κ3) is 3.14. The van der Waals surface area contributed by atoms with Gasteiger partial charge in [0, 0.05) is 18.3 Å². The van der Waals surface area contributed by atoms with Gasteiger partial charge in [-0.3, -0.25) is 4.79 Å². The molecule has 0 aliphatic heterocycles. The van der Waals surface area contributed by atoms with Gasteiger partial charge in [-0.1, -0.05) is 0 Å². The van der Waals surface area contributed by atoms with E-state index in [-0.39, 0.29) is 0 Å². The van der Waals surface area contributed by atoms with Gasteiger partial charge in [-0.25, -0.2) is 4.98 Å².